The van der Waals surface area contributed by atoms with Gasteiger partial charge in [0.25, 0.3) is 5.91 Å². The summed E-state index contributed by atoms with van der Waals surface area (Å²) in [4.78, 5) is 45.5. The highest BCUT2D eigenvalue weighted by Crippen LogP contribution is 2.25. The van der Waals surface area contributed by atoms with Gasteiger partial charge in [-0.2, -0.15) is 0 Å². The van der Waals surface area contributed by atoms with E-state index in [9.17, 15) is 24.6 Å². The van der Waals surface area contributed by atoms with Gasteiger partial charge in [-0.3, -0.25) is 14.4 Å². The molecule has 322 valence electrons. The van der Waals surface area contributed by atoms with Crippen LogP contribution < -0.4 is 38.7 Å². The number of piperidine rings is 1. The third kappa shape index (κ3) is 16.6. The minimum Gasteiger partial charge on any atom is -1.00 e. The molecule has 17 heteroatoms. The predicted octanol–water partition coefficient (Wildman–Crippen LogP) is 0.0717. The summed E-state index contributed by atoms with van der Waals surface area (Å²) < 4.78 is 12.1. The Morgan fingerprint density at radius 3 is 1.76 bits per heavy atom. The number of likely N-dealkylation sites (tertiary alicyclic amines) is 1. The molecule has 1 aromatic heterocycles. The summed E-state index contributed by atoms with van der Waals surface area (Å²) in [7, 11) is 0. The number of anilines is 2. The molecule has 1 saturated heterocycles. The van der Waals surface area contributed by atoms with Gasteiger partial charge in [-0.1, -0.05) is 43.3 Å². The normalized spacial score (nSPS) is 17.2. The molecule has 9 N–H and O–H groups in total. The Morgan fingerprint density at radius 2 is 1.29 bits per heavy atom. The summed E-state index contributed by atoms with van der Waals surface area (Å²) in [6.45, 7) is 2.53. The van der Waals surface area contributed by atoms with Gasteiger partial charge >= 0.3 is 0 Å². The number of amides is 1. The van der Waals surface area contributed by atoms with Gasteiger partial charge in [0.15, 0.2) is 34.0 Å². The molecule has 0 spiro atoms. The minimum atomic E-state index is -0.909. The molecular formula is C41H60Cl2N6O9. The van der Waals surface area contributed by atoms with E-state index in [4.69, 9.17) is 42.8 Å². The van der Waals surface area contributed by atoms with Gasteiger partial charge in [0, 0.05) is 25.7 Å². The van der Waals surface area contributed by atoms with Gasteiger partial charge in [-0.25, -0.2) is 9.97 Å². The first-order valence-electron chi connectivity index (χ1n) is 19.2. The second kappa shape index (κ2) is 25.4. The summed E-state index contributed by atoms with van der Waals surface area (Å²) in [5.74, 6) is 0.302. The van der Waals surface area contributed by atoms with Crippen LogP contribution in [0.3, 0.4) is 0 Å². The topological polar surface area (TPSA) is 240 Å². The van der Waals surface area contributed by atoms with Crippen molar-refractivity contribution in [1.29, 1.82) is 0 Å². The first-order valence-corrected chi connectivity index (χ1v) is 19.6. The number of halogens is 2. The van der Waals surface area contributed by atoms with Gasteiger partial charge in [0.2, 0.25) is 0 Å². The van der Waals surface area contributed by atoms with E-state index in [2.05, 4.69) is 15.3 Å². The number of hydrogen-bond donors (Lipinski definition) is 7. The van der Waals surface area contributed by atoms with Crippen LogP contribution in [0.2, 0.25) is 5.15 Å². The van der Waals surface area contributed by atoms with Gasteiger partial charge in [0.05, 0.1) is 57.6 Å². The van der Waals surface area contributed by atoms with Crippen LogP contribution >= 0.6 is 11.6 Å². The molecule has 1 amide bonds. The third-order valence-corrected chi connectivity index (χ3v) is 10.3. The van der Waals surface area contributed by atoms with E-state index < -0.39 is 18.1 Å². The Labute approximate surface area is 352 Å². The number of aliphatic hydroxyl groups excluding tert-OH is 4. The molecule has 2 heterocycles. The molecule has 1 aliphatic rings. The van der Waals surface area contributed by atoms with E-state index in [1.807, 2.05) is 48.5 Å². The number of Topliss-reactive ketones (excluding diaryl/α,β-unsaturated/α-hetero) is 2. The largest absolute Gasteiger partial charge is 1.00 e. The van der Waals surface area contributed by atoms with Gasteiger partial charge in [-0.15, -0.1) is 0 Å². The number of aliphatic hydroxyl groups is 4. The molecule has 0 saturated carbocycles. The maximum Gasteiger partial charge on any atom is 0.274 e. The average Bonchev–Trinajstić information content (AvgIpc) is 3.19. The van der Waals surface area contributed by atoms with Gasteiger partial charge in [0.1, 0.15) is 24.7 Å². The van der Waals surface area contributed by atoms with Crippen molar-refractivity contribution in [2.24, 2.45) is 0 Å². The highest BCUT2D eigenvalue weighted by Gasteiger charge is 2.35. The number of nitrogens with one attached hydrogen (secondary N) is 1. The average molecular weight is 852 g/mol. The van der Waals surface area contributed by atoms with E-state index in [0.29, 0.717) is 11.5 Å². The number of rotatable bonds is 24. The standard InChI is InChI=1S/C40H55ClN6O9.CH4.ClH/c41-37-39(43)46-38(42)36(45-37)40(54)44-29-6-3-21-47(22-29,19-1-4-27-7-15-34(16-8-27)55-25-32(52)13-11-30(50)23-48)20-2-5-28-9-17-35(18-10-28)56-26-33(53)14-12-31(51)24-49;;/h7-10,15-18,29-31,48-51H,1-6,11-14,19-26H2,(H4-,42,43,44,46,54);1H4;1H/t29-,30?,31?,47?;;/m0../s1. The van der Waals surface area contributed by atoms with Crippen LogP contribution in [0.4, 0.5) is 11.6 Å². The fraction of sp³-hybridized carbons (Fsp3) is 0.537. The second-order valence-corrected chi connectivity index (χ2v) is 14.9. The summed E-state index contributed by atoms with van der Waals surface area (Å²) in [6.07, 6.45) is 4.03. The smallest absolute Gasteiger partial charge is 0.274 e. The van der Waals surface area contributed by atoms with Crippen molar-refractivity contribution in [3.8, 4) is 11.5 Å². The number of carbonyl (C=O) groups is 3. The molecule has 4 rings (SSSR count). The van der Waals surface area contributed by atoms with Crippen LogP contribution in [-0.4, -0.2) is 123 Å². The van der Waals surface area contributed by atoms with Crippen molar-refractivity contribution >= 4 is 40.7 Å². The van der Waals surface area contributed by atoms with Crippen molar-refractivity contribution in [1.82, 2.24) is 15.3 Å². The van der Waals surface area contributed by atoms with Gasteiger partial charge < -0.3 is 63.6 Å². The summed E-state index contributed by atoms with van der Waals surface area (Å²) in [5, 5.41) is 39.8. The van der Waals surface area contributed by atoms with Crippen LogP contribution in [0.5, 0.6) is 11.5 Å². The molecule has 58 heavy (non-hydrogen) atoms. The Kier molecular flexibility index (Phi) is 21.9. The maximum atomic E-state index is 13.3. The van der Waals surface area contributed by atoms with Crippen molar-refractivity contribution in [2.75, 3.05) is 64.1 Å². The zero-order chi connectivity index (χ0) is 40.5. The zero-order valence-corrected chi connectivity index (χ0v) is 33.7. The molecule has 0 aliphatic carbocycles. The number of aromatic nitrogens is 2. The fourth-order valence-electron chi connectivity index (χ4n) is 6.87. The molecule has 3 atom stereocenters. The lowest BCUT2D eigenvalue weighted by Gasteiger charge is -2.45. The molecule has 0 radical (unpaired) electrons. The van der Waals surface area contributed by atoms with Crippen molar-refractivity contribution in [3.63, 3.8) is 0 Å². The lowest BCUT2D eigenvalue weighted by atomic mass is 9.99. The van der Waals surface area contributed by atoms with E-state index in [0.717, 1.165) is 80.3 Å². The number of quaternary nitrogens is 1. The molecule has 2 unspecified atom stereocenters. The Bertz CT molecular complexity index is 1640. The predicted molar refractivity (Wildman–Crippen MR) is 218 cm³/mol. The van der Waals surface area contributed by atoms with E-state index >= 15 is 0 Å². The maximum absolute atomic E-state index is 13.3. The highest BCUT2D eigenvalue weighted by atomic mass is 35.5. The highest BCUT2D eigenvalue weighted by molar-refractivity contribution is 6.31. The molecule has 1 fully saturated rings. The number of ketones is 2. The molecule has 1 aliphatic heterocycles. The zero-order valence-electron chi connectivity index (χ0n) is 32.2. The number of nitrogens with zero attached hydrogens (tertiary/aromatic N) is 3. The Hall–Kier alpha value is -4.09. The number of nitrogen functional groups attached to an aromatic ring is 2. The number of hydrogen-bond acceptors (Lipinski definition) is 13. The molecule has 0 bridgehead atoms. The van der Waals surface area contributed by atoms with E-state index in [-0.39, 0.29) is 112 Å². The molecule has 15 nitrogen and oxygen atoms in total. The van der Waals surface area contributed by atoms with Crippen LogP contribution in [0.1, 0.15) is 80.4 Å². The SMILES string of the molecule is C.Nc1nc(N)c(C(=O)N[C@H]2CCC[N+](CCCc3ccc(OCC(=O)CCC(O)CO)cc3)(CCCc3ccc(OCC(=O)CCC(O)CO)cc3)C2)nc1Cl.[Cl-]. The first-order chi connectivity index (χ1) is 26.9. The quantitative estimate of drug-likeness (QED) is 0.0592. The third-order valence-electron chi connectivity index (χ3n) is 10.0. The monoisotopic (exact) mass is 850 g/mol. The van der Waals surface area contributed by atoms with Crippen LogP contribution in [0.25, 0.3) is 0 Å². The van der Waals surface area contributed by atoms with Crippen LogP contribution in [0.15, 0.2) is 48.5 Å². The molecular weight excluding hydrogens is 791 g/mol. The minimum absolute atomic E-state index is 0. The number of carbonyl (C=O) groups excluding carboxylic acids is 3. The van der Waals surface area contributed by atoms with Crippen molar-refractivity contribution < 1.29 is 61.2 Å². The number of aryl methyl sites for hydroxylation is 2. The Morgan fingerprint density at radius 1 is 0.810 bits per heavy atom. The fourth-order valence-corrected chi connectivity index (χ4v) is 7.00. The molecule has 2 aromatic carbocycles. The molecule has 3 aromatic rings. The summed E-state index contributed by atoms with van der Waals surface area (Å²) in [5.41, 5.74) is 13.9. The van der Waals surface area contributed by atoms with Gasteiger partial charge in [-0.05, 0) is 73.9 Å². The number of nitrogens with two attached hydrogens (primary N) is 2. The summed E-state index contributed by atoms with van der Waals surface area (Å²) >= 11 is 6.05. The van der Waals surface area contributed by atoms with E-state index in [1.54, 1.807) is 0 Å². The lowest BCUT2D eigenvalue weighted by Crippen LogP contribution is -3.00. The second-order valence-electron chi connectivity index (χ2n) is 14.5. The van der Waals surface area contributed by atoms with Crippen LogP contribution in [-0.2, 0) is 22.4 Å². The number of ether oxygens (including phenoxy) is 2. The van der Waals surface area contributed by atoms with Crippen LogP contribution in [0, 0.1) is 0 Å². The Balaban J connectivity index is 0.00000580. The van der Waals surface area contributed by atoms with Crippen molar-refractivity contribution in [3.05, 3.63) is 70.5 Å². The lowest BCUT2D eigenvalue weighted by molar-refractivity contribution is -0.933. The van der Waals surface area contributed by atoms with Crippen molar-refractivity contribution in [2.45, 2.75) is 89.9 Å². The first kappa shape index (κ1) is 50.1. The number of benzene rings is 2. The summed E-state index contributed by atoms with van der Waals surface area (Å²) in [6, 6.07) is 15.2. The van der Waals surface area contributed by atoms with E-state index in [1.165, 1.54) is 0 Å².